The Bertz CT molecular complexity index is 936. The summed E-state index contributed by atoms with van der Waals surface area (Å²) >= 11 is 1.69. The topological polar surface area (TPSA) is 83.0 Å². The lowest BCUT2D eigenvalue weighted by Crippen LogP contribution is -2.50. The van der Waals surface area contributed by atoms with E-state index in [0.29, 0.717) is 10.6 Å². The lowest BCUT2D eigenvalue weighted by Gasteiger charge is -2.29. The van der Waals surface area contributed by atoms with Crippen LogP contribution in [-0.2, 0) is 4.79 Å². The first-order valence-electron chi connectivity index (χ1n) is 10.7. The number of aromatic nitrogens is 2. The predicted octanol–water partition coefficient (Wildman–Crippen LogP) is 2.70. The molecular formula is C21H29N6OS+. The number of quaternary nitrogens is 1. The van der Waals surface area contributed by atoms with Gasteiger partial charge in [-0.2, -0.15) is 4.59 Å². The van der Waals surface area contributed by atoms with Crippen LogP contribution in [0.25, 0.3) is 11.0 Å². The number of rotatable bonds is 5. The molecule has 0 aliphatic carbocycles. The standard InChI is InChI=1S/C21H29N6OS/c1-2-19-25-27(19,14-15-5-3-4-8-22-15)21(28)18-13-26(11-12-29-18)17-7-10-24-20-16(17)6-9-23-20/h6-7,9-10,13,15,19,22,25H,2-5,8,11-12,14H2,1H3,(H,23,24)/q+1. The van der Waals surface area contributed by atoms with Gasteiger partial charge in [-0.1, -0.05) is 18.8 Å². The maximum Gasteiger partial charge on any atom is 0.374 e. The number of hydrogen-bond donors (Lipinski definition) is 3. The minimum absolute atomic E-state index is 0.221. The quantitative estimate of drug-likeness (QED) is 0.516. The summed E-state index contributed by atoms with van der Waals surface area (Å²) in [5, 5.41) is 4.71. The van der Waals surface area contributed by atoms with Crippen LogP contribution in [0.2, 0.25) is 0 Å². The molecule has 3 unspecified atom stereocenters. The number of piperidine rings is 1. The Kier molecular flexibility index (Phi) is 5.11. The van der Waals surface area contributed by atoms with Crippen LogP contribution in [0.3, 0.4) is 0 Å². The van der Waals surface area contributed by atoms with E-state index in [1.54, 1.807) is 11.8 Å². The molecule has 5 rings (SSSR count). The smallest absolute Gasteiger partial charge is 0.346 e. The monoisotopic (exact) mass is 413 g/mol. The van der Waals surface area contributed by atoms with E-state index in [2.05, 4.69) is 44.8 Å². The summed E-state index contributed by atoms with van der Waals surface area (Å²) in [6.07, 6.45) is 10.7. The van der Waals surface area contributed by atoms with E-state index in [9.17, 15) is 4.79 Å². The molecule has 29 heavy (non-hydrogen) atoms. The van der Waals surface area contributed by atoms with E-state index in [4.69, 9.17) is 0 Å². The number of fused-ring (bicyclic) bond motifs is 1. The SMILES string of the molecule is CCC1N[N+]1(CC1CCCCN1)C(=O)C1=CN(c2ccnc3[nH]ccc23)CCS1. The van der Waals surface area contributed by atoms with Gasteiger partial charge >= 0.3 is 5.91 Å². The lowest BCUT2D eigenvalue weighted by atomic mass is 10.0. The highest BCUT2D eigenvalue weighted by Gasteiger charge is 2.62. The van der Waals surface area contributed by atoms with Crippen molar-refractivity contribution in [2.45, 2.75) is 44.8 Å². The number of thioether (sulfide) groups is 1. The maximum atomic E-state index is 13.7. The molecule has 7 nitrogen and oxygen atoms in total. The van der Waals surface area contributed by atoms with Crippen molar-refractivity contribution in [1.29, 1.82) is 0 Å². The van der Waals surface area contributed by atoms with Crippen LogP contribution in [0.4, 0.5) is 5.69 Å². The Morgan fingerprint density at radius 3 is 3.10 bits per heavy atom. The zero-order valence-corrected chi connectivity index (χ0v) is 17.7. The van der Waals surface area contributed by atoms with Crippen LogP contribution in [0.1, 0.15) is 32.6 Å². The first-order chi connectivity index (χ1) is 14.2. The number of amides is 1. The number of carbonyl (C=O) groups is 1. The van der Waals surface area contributed by atoms with Crippen molar-refractivity contribution in [3.05, 3.63) is 35.6 Å². The molecule has 0 radical (unpaired) electrons. The number of nitrogens with zero attached hydrogens (tertiary/aromatic N) is 3. The fraction of sp³-hybridized carbons (Fsp3) is 0.524. The molecule has 8 heteroatoms. The molecule has 0 aromatic carbocycles. The molecule has 3 atom stereocenters. The van der Waals surface area contributed by atoms with Crippen molar-refractivity contribution in [3.63, 3.8) is 0 Å². The number of aromatic amines is 1. The molecule has 3 aliphatic heterocycles. The molecule has 0 bridgehead atoms. The number of carbonyl (C=O) groups excluding carboxylic acids is 1. The molecule has 2 saturated heterocycles. The summed E-state index contributed by atoms with van der Waals surface area (Å²) in [6, 6.07) is 4.50. The average Bonchev–Trinajstić information content (AvgIpc) is 3.26. The van der Waals surface area contributed by atoms with Gasteiger partial charge in [0.2, 0.25) is 6.17 Å². The van der Waals surface area contributed by atoms with Crippen LogP contribution < -0.4 is 15.6 Å². The lowest BCUT2D eigenvalue weighted by molar-refractivity contribution is -0.758. The van der Waals surface area contributed by atoms with Gasteiger partial charge in [0, 0.05) is 42.7 Å². The Labute approximate surface area is 175 Å². The Morgan fingerprint density at radius 2 is 2.31 bits per heavy atom. The van der Waals surface area contributed by atoms with Gasteiger partial charge in [-0.3, -0.25) is 0 Å². The van der Waals surface area contributed by atoms with Crippen LogP contribution in [0, 0.1) is 0 Å². The average molecular weight is 414 g/mol. The first-order valence-corrected chi connectivity index (χ1v) is 11.7. The van der Waals surface area contributed by atoms with Gasteiger partial charge < -0.3 is 15.2 Å². The second-order valence-electron chi connectivity index (χ2n) is 8.16. The third-order valence-electron chi connectivity index (χ3n) is 6.33. The summed E-state index contributed by atoms with van der Waals surface area (Å²) in [7, 11) is 0. The van der Waals surface area contributed by atoms with Gasteiger partial charge in [-0.15, -0.1) is 11.8 Å². The van der Waals surface area contributed by atoms with Gasteiger partial charge in [-0.25, -0.2) is 9.78 Å². The summed E-state index contributed by atoms with van der Waals surface area (Å²) in [6.45, 7) is 4.95. The number of pyridine rings is 1. The van der Waals surface area contributed by atoms with Crippen LogP contribution in [0.15, 0.2) is 35.6 Å². The highest BCUT2D eigenvalue weighted by molar-refractivity contribution is 8.04. The van der Waals surface area contributed by atoms with E-state index >= 15 is 0 Å². The number of H-pyrrole nitrogens is 1. The zero-order chi connectivity index (χ0) is 19.8. The third kappa shape index (κ3) is 3.48. The fourth-order valence-corrected chi connectivity index (χ4v) is 5.72. The van der Waals surface area contributed by atoms with E-state index in [1.807, 2.05) is 18.5 Å². The highest BCUT2D eigenvalue weighted by Crippen LogP contribution is 2.37. The molecule has 5 heterocycles. The summed E-state index contributed by atoms with van der Waals surface area (Å²) < 4.78 is 0.400. The van der Waals surface area contributed by atoms with E-state index < -0.39 is 0 Å². The predicted molar refractivity (Wildman–Crippen MR) is 117 cm³/mol. The van der Waals surface area contributed by atoms with Gasteiger partial charge in [0.05, 0.1) is 11.7 Å². The summed E-state index contributed by atoms with van der Waals surface area (Å²) in [5.41, 5.74) is 5.50. The number of anilines is 1. The minimum Gasteiger partial charge on any atom is -0.346 e. The van der Waals surface area contributed by atoms with Crippen molar-refractivity contribution in [2.24, 2.45) is 0 Å². The van der Waals surface area contributed by atoms with Crippen molar-refractivity contribution in [2.75, 3.05) is 30.3 Å². The highest BCUT2D eigenvalue weighted by atomic mass is 32.2. The number of hydrogen-bond acceptors (Lipinski definition) is 6. The Morgan fingerprint density at radius 1 is 1.38 bits per heavy atom. The normalized spacial score (nSPS) is 29.7. The zero-order valence-electron chi connectivity index (χ0n) is 16.9. The maximum absolute atomic E-state index is 13.7. The molecular weight excluding hydrogens is 384 g/mol. The van der Waals surface area contributed by atoms with Crippen molar-refractivity contribution >= 4 is 34.4 Å². The van der Waals surface area contributed by atoms with Gasteiger partial charge in [0.25, 0.3) is 0 Å². The molecule has 154 valence electrons. The summed E-state index contributed by atoms with van der Waals surface area (Å²) in [5.74, 6) is 1.13. The molecule has 3 N–H and O–H groups in total. The van der Waals surface area contributed by atoms with Crippen molar-refractivity contribution in [3.8, 4) is 0 Å². The Hall–Kier alpha value is -1.87. The van der Waals surface area contributed by atoms with E-state index in [-0.39, 0.29) is 12.1 Å². The fourth-order valence-electron chi connectivity index (χ4n) is 4.72. The third-order valence-corrected chi connectivity index (χ3v) is 7.31. The number of nitrogens with one attached hydrogen (secondary N) is 3. The molecule has 3 aliphatic rings. The van der Waals surface area contributed by atoms with E-state index in [1.165, 1.54) is 12.8 Å². The van der Waals surface area contributed by atoms with Crippen LogP contribution in [0.5, 0.6) is 0 Å². The van der Waals surface area contributed by atoms with Gasteiger partial charge in [0.1, 0.15) is 17.1 Å². The molecule has 2 aromatic rings. The van der Waals surface area contributed by atoms with Crippen molar-refractivity contribution in [1.82, 2.24) is 20.7 Å². The van der Waals surface area contributed by atoms with Gasteiger partial charge in [-0.05, 0) is 31.5 Å². The molecule has 2 fully saturated rings. The molecule has 1 amide bonds. The van der Waals surface area contributed by atoms with E-state index in [0.717, 1.165) is 59.9 Å². The van der Waals surface area contributed by atoms with Crippen LogP contribution in [-0.4, -0.2) is 58.1 Å². The van der Waals surface area contributed by atoms with Crippen molar-refractivity contribution < 1.29 is 9.39 Å². The summed E-state index contributed by atoms with van der Waals surface area (Å²) in [4.78, 5) is 24.3. The minimum atomic E-state index is 0.221. The van der Waals surface area contributed by atoms with Gasteiger partial charge in [0.15, 0.2) is 0 Å². The molecule has 0 spiro atoms. The second kappa shape index (κ2) is 7.75. The Balaban J connectivity index is 1.41. The molecule has 2 aromatic heterocycles. The molecule has 0 saturated carbocycles. The van der Waals surface area contributed by atoms with Crippen LogP contribution >= 0.6 is 11.8 Å². The first kappa shape index (κ1) is 19.1. The second-order valence-corrected chi connectivity index (χ2v) is 9.30. The largest absolute Gasteiger partial charge is 0.374 e.